The maximum atomic E-state index is 13.5. The van der Waals surface area contributed by atoms with Crippen molar-refractivity contribution in [1.82, 2.24) is 10.0 Å². The number of nitro groups is 2. The van der Waals surface area contributed by atoms with Gasteiger partial charge in [0.25, 0.3) is 29.1 Å². The number of carbonyl (C=O) groups excluding carboxylic acids is 3. The number of hydrazine groups is 1. The summed E-state index contributed by atoms with van der Waals surface area (Å²) >= 11 is 0. The summed E-state index contributed by atoms with van der Waals surface area (Å²) in [4.78, 5) is 61.1. The standard InChI is InChI=1S/C22H18N4O7/c27-20(14-7-5-8-16(12-14)25(30)31)23(13-15-6-1-4-11-19(15)26(32)33)24-21(28)17-9-2-3-10-18(17)22(24)29/h1-8,11-12,17-18H,9-10,13H2/t17-,18+. The lowest BCUT2D eigenvalue weighted by molar-refractivity contribution is -0.385. The molecule has 3 amide bonds. The Kier molecular flexibility index (Phi) is 5.69. The van der Waals surface area contributed by atoms with Crippen molar-refractivity contribution in [2.75, 3.05) is 0 Å². The van der Waals surface area contributed by atoms with Gasteiger partial charge in [-0.2, -0.15) is 5.01 Å². The Hall–Kier alpha value is -4.41. The number of allylic oxidation sites excluding steroid dienone is 2. The summed E-state index contributed by atoms with van der Waals surface area (Å²) < 4.78 is 0. The number of non-ortho nitro benzene ring substituents is 1. The summed E-state index contributed by atoms with van der Waals surface area (Å²) in [5.74, 6) is -3.27. The molecule has 2 aromatic rings. The molecular weight excluding hydrogens is 432 g/mol. The van der Waals surface area contributed by atoms with E-state index in [1.807, 2.05) is 0 Å². The monoisotopic (exact) mass is 450 g/mol. The second-order valence-electron chi connectivity index (χ2n) is 7.70. The number of rotatable bonds is 6. The minimum Gasteiger partial charge on any atom is -0.272 e. The van der Waals surface area contributed by atoms with E-state index in [1.54, 1.807) is 12.2 Å². The summed E-state index contributed by atoms with van der Waals surface area (Å²) in [5.41, 5.74) is -0.651. The maximum Gasteiger partial charge on any atom is 0.274 e. The van der Waals surface area contributed by atoms with E-state index in [0.29, 0.717) is 12.8 Å². The molecule has 2 aromatic carbocycles. The summed E-state index contributed by atoms with van der Waals surface area (Å²) in [5, 5.41) is 24.3. The van der Waals surface area contributed by atoms with Crippen LogP contribution < -0.4 is 0 Å². The lowest BCUT2D eigenvalue weighted by Crippen LogP contribution is -2.49. The molecule has 11 heteroatoms. The highest BCUT2D eigenvalue weighted by molar-refractivity contribution is 6.08. The van der Waals surface area contributed by atoms with Crippen molar-refractivity contribution in [1.29, 1.82) is 0 Å². The van der Waals surface area contributed by atoms with Gasteiger partial charge >= 0.3 is 0 Å². The average Bonchev–Trinajstić information content (AvgIpc) is 3.07. The molecule has 2 aliphatic rings. The largest absolute Gasteiger partial charge is 0.274 e. The fourth-order valence-electron chi connectivity index (χ4n) is 4.14. The first kappa shape index (κ1) is 21.8. The zero-order chi connectivity index (χ0) is 23.7. The van der Waals surface area contributed by atoms with Crippen molar-refractivity contribution in [3.05, 3.63) is 92.0 Å². The summed E-state index contributed by atoms with van der Waals surface area (Å²) in [7, 11) is 0. The Bertz CT molecular complexity index is 1180. The highest BCUT2D eigenvalue weighted by Crippen LogP contribution is 2.37. The van der Waals surface area contributed by atoms with Gasteiger partial charge in [-0.3, -0.25) is 34.6 Å². The number of para-hydroxylation sites is 1. The van der Waals surface area contributed by atoms with Gasteiger partial charge in [0.15, 0.2) is 0 Å². The summed E-state index contributed by atoms with van der Waals surface area (Å²) in [6.07, 6.45) is 4.28. The quantitative estimate of drug-likeness (QED) is 0.285. The number of nitrogens with zero attached hydrogens (tertiary/aromatic N) is 4. The molecule has 168 valence electrons. The highest BCUT2D eigenvalue weighted by Gasteiger charge is 2.51. The topological polar surface area (TPSA) is 144 Å². The first-order valence-corrected chi connectivity index (χ1v) is 10.1. The van der Waals surface area contributed by atoms with Crippen molar-refractivity contribution < 1.29 is 24.2 Å². The van der Waals surface area contributed by atoms with Crippen LogP contribution in [0.25, 0.3) is 0 Å². The molecule has 2 atom stereocenters. The van der Waals surface area contributed by atoms with Crippen molar-refractivity contribution in [3.63, 3.8) is 0 Å². The normalized spacial score (nSPS) is 19.3. The molecule has 1 fully saturated rings. The number of carbonyl (C=O) groups is 3. The molecule has 0 saturated carbocycles. The van der Waals surface area contributed by atoms with Gasteiger partial charge in [0.2, 0.25) is 0 Å². The predicted octanol–water partition coefficient (Wildman–Crippen LogP) is 3.01. The third kappa shape index (κ3) is 3.95. The molecule has 0 bridgehead atoms. The third-order valence-electron chi connectivity index (χ3n) is 5.77. The van der Waals surface area contributed by atoms with Gasteiger partial charge in [-0.1, -0.05) is 36.4 Å². The molecule has 0 aromatic heterocycles. The number of imide groups is 1. The molecule has 1 saturated heterocycles. The van der Waals surface area contributed by atoms with Crippen LogP contribution in [0.4, 0.5) is 11.4 Å². The molecule has 0 radical (unpaired) electrons. The Morgan fingerprint density at radius 2 is 1.58 bits per heavy atom. The van der Waals surface area contributed by atoms with Crippen LogP contribution in [-0.2, 0) is 16.1 Å². The van der Waals surface area contributed by atoms with Gasteiger partial charge < -0.3 is 0 Å². The van der Waals surface area contributed by atoms with E-state index in [2.05, 4.69) is 0 Å². The number of amides is 3. The third-order valence-corrected chi connectivity index (χ3v) is 5.77. The van der Waals surface area contributed by atoms with E-state index in [4.69, 9.17) is 0 Å². The molecule has 0 spiro atoms. The lowest BCUT2D eigenvalue weighted by atomic mass is 9.85. The van der Waals surface area contributed by atoms with E-state index in [1.165, 1.54) is 42.5 Å². The summed E-state index contributed by atoms with van der Waals surface area (Å²) in [6.45, 7) is -0.441. The Labute approximate surface area is 187 Å². The van der Waals surface area contributed by atoms with E-state index in [0.717, 1.165) is 16.1 Å². The Morgan fingerprint density at radius 3 is 2.18 bits per heavy atom. The van der Waals surface area contributed by atoms with Gasteiger partial charge in [-0.05, 0) is 18.9 Å². The minimum absolute atomic E-state index is 0.106. The lowest BCUT2D eigenvalue weighted by Gasteiger charge is -2.30. The predicted molar refractivity (Wildman–Crippen MR) is 113 cm³/mol. The van der Waals surface area contributed by atoms with Crippen molar-refractivity contribution in [2.45, 2.75) is 19.4 Å². The van der Waals surface area contributed by atoms with E-state index < -0.39 is 45.9 Å². The molecule has 1 aliphatic heterocycles. The first-order valence-electron chi connectivity index (χ1n) is 10.1. The highest BCUT2D eigenvalue weighted by atomic mass is 16.6. The SMILES string of the molecule is O=C(c1cccc([N+](=O)[O-])c1)N(Cc1ccccc1[N+](=O)[O-])N1C(=O)[C@H]2CC=CC[C@H]2C1=O. The number of nitro benzene ring substituents is 2. The van der Waals surface area contributed by atoms with Crippen LogP contribution in [0.1, 0.15) is 28.8 Å². The van der Waals surface area contributed by atoms with E-state index in [-0.39, 0.29) is 22.5 Å². The van der Waals surface area contributed by atoms with Crippen LogP contribution in [0.5, 0.6) is 0 Å². The summed E-state index contributed by atoms with van der Waals surface area (Å²) in [6, 6.07) is 10.5. The molecule has 11 nitrogen and oxygen atoms in total. The van der Waals surface area contributed by atoms with Gasteiger partial charge in [0.1, 0.15) is 0 Å². The van der Waals surface area contributed by atoms with Crippen molar-refractivity contribution in [2.24, 2.45) is 11.8 Å². The maximum absolute atomic E-state index is 13.5. The molecule has 33 heavy (non-hydrogen) atoms. The number of hydrogen-bond donors (Lipinski definition) is 0. The van der Waals surface area contributed by atoms with E-state index in [9.17, 15) is 34.6 Å². The molecular formula is C22H18N4O7. The number of hydrogen-bond acceptors (Lipinski definition) is 7. The van der Waals surface area contributed by atoms with Gasteiger partial charge in [-0.25, -0.2) is 5.01 Å². The minimum atomic E-state index is -0.856. The van der Waals surface area contributed by atoms with E-state index >= 15 is 0 Å². The zero-order valence-corrected chi connectivity index (χ0v) is 17.2. The number of fused-ring (bicyclic) bond motifs is 1. The zero-order valence-electron chi connectivity index (χ0n) is 17.2. The van der Waals surface area contributed by atoms with Crippen molar-refractivity contribution in [3.8, 4) is 0 Å². The molecule has 1 aliphatic carbocycles. The van der Waals surface area contributed by atoms with Gasteiger partial charge in [0, 0.05) is 23.8 Å². The van der Waals surface area contributed by atoms with Gasteiger partial charge in [-0.15, -0.1) is 0 Å². The Morgan fingerprint density at radius 1 is 0.939 bits per heavy atom. The van der Waals surface area contributed by atoms with Crippen LogP contribution in [0.3, 0.4) is 0 Å². The Balaban J connectivity index is 1.78. The van der Waals surface area contributed by atoms with Crippen molar-refractivity contribution >= 4 is 29.1 Å². The van der Waals surface area contributed by atoms with Crippen LogP contribution in [0, 0.1) is 32.1 Å². The smallest absolute Gasteiger partial charge is 0.272 e. The molecule has 4 rings (SSSR count). The number of benzene rings is 2. The van der Waals surface area contributed by atoms with Gasteiger partial charge in [0.05, 0.1) is 33.8 Å². The fraction of sp³-hybridized carbons (Fsp3) is 0.227. The van der Waals surface area contributed by atoms with Crippen LogP contribution >= 0.6 is 0 Å². The van der Waals surface area contributed by atoms with Crippen LogP contribution in [0.2, 0.25) is 0 Å². The molecule has 0 unspecified atom stereocenters. The molecule has 1 heterocycles. The fourth-order valence-corrected chi connectivity index (χ4v) is 4.14. The molecule has 0 N–H and O–H groups in total. The average molecular weight is 450 g/mol. The van der Waals surface area contributed by atoms with Crippen LogP contribution in [-0.4, -0.2) is 37.6 Å². The second kappa shape index (κ2) is 8.61. The first-order chi connectivity index (χ1) is 15.8. The second-order valence-corrected chi connectivity index (χ2v) is 7.70. The van der Waals surface area contributed by atoms with Crippen LogP contribution in [0.15, 0.2) is 60.7 Å².